The number of hydrogen-bond acceptors (Lipinski definition) is 6. The van der Waals surface area contributed by atoms with Crippen LogP contribution >= 0.6 is 24.0 Å². The third-order valence-electron chi connectivity index (χ3n) is 3.73. The van der Waals surface area contributed by atoms with Crippen LogP contribution in [0.1, 0.15) is 18.9 Å². The zero-order valence-electron chi connectivity index (χ0n) is 17.5. The van der Waals surface area contributed by atoms with E-state index in [0.717, 1.165) is 31.0 Å². The van der Waals surface area contributed by atoms with Gasteiger partial charge >= 0.3 is 0 Å². The van der Waals surface area contributed by atoms with Gasteiger partial charge in [-0.2, -0.15) is 0 Å². The first-order valence-corrected chi connectivity index (χ1v) is 9.07. The molecule has 1 aromatic carbocycles. The van der Waals surface area contributed by atoms with Crippen molar-refractivity contribution in [3.05, 3.63) is 17.7 Å². The molecule has 28 heavy (non-hydrogen) atoms. The molecule has 0 unspecified atom stereocenters. The van der Waals surface area contributed by atoms with Gasteiger partial charge in [0.15, 0.2) is 17.5 Å². The van der Waals surface area contributed by atoms with Crippen LogP contribution in [0.3, 0.4) is 0 Å². The molecule has 8 nitrogen and oxygen atoms in total. The second-order valence-corrected chi connectivity index (χ2v) is 5.60. The van der Waals surface area contributed by atoms with E-state index in [1.54, 1.807) is 34.5 Å². The highest BCUT2D eigenvalue weighted by Crippen LogP contribution is 2.34. The van der Waals surface area contributed by atoms with Crippen LogP contribution < -0.4 is 24.8 Å². The van der Waals surface area contributed by atoms with Gasteiger partial charge in [-0.05, 0) is 19.4 Å². The molecule has 0 aliphatic rings. The van der Waals surface area contributed by atoms with Crippen LogP contribution in [0.5, 0.6) is 17.2 Å². The van der Waals surface area contributed by atoms with E-state index in [1.165, 1.54) is 0 Å². The Morgan fingerprint density at radius 2 is 1.57 bits per heavy atom. The Kier molecular flexibility index (Phi) is 15.6. The molecule has 0 saturated heterocycles. The summed E-state index contributed by atoms with van der Waals surface area (Å²) in [4.78, 5) is 4.63. The van der Waals surface area contributed by atoms with Crippen LogP contribution in [0, 0.1) is 0 Å². The zero-order valence-corrected chi connectivity index (χ0v) is 19.8. The number of halogens is 1. The first-order chi connectivity index (χ1) is 13.2. The monoisotopic (exact) mass is 511 g/mol. The number of rotatable bonds is 13. The Morgan fingerprint density at radius 3 is 2.18 bits per heavy atom. The van der Waals surface area contributed by atoms with Gasteiger partial charge in [0.2, 0.25) is 0 Å². The Morgan fingerprint density at radius 1 is 0.893 bits per heavy atom. The number of guanidine groups is 1. The van der Waals surface area contributed by atoms with E-state index >= 15 is 0 Å². The van der Waals surface area contributed by atoms with Gasteiger partial charge in [-0.15, -0.1) is 24.0 Å². The molecule has 0 amide bonds. The number of hydrogen-bond donors (Lipinski definition) is 2. The first kappa shape index (κ1) is 26.5. The van der Waals surface area contributed by atoms with Crippen molar-refractivity contribution in [3.8, 4) is 17.2 Å². The lowest BCUT2D eigenvalue weighted by molar-refractivity contribution is 0.0698. The Labute approximate surface area is 185 Å². The highest BCUT2D eigenvalue weighted by molar-refractivity contribution is 14.0. The maximum Gasteiger partial charge on any atom is 0.191 e. The summed E-state index contributed by atoms with van der Waals surface area (Å²) in [6, 6.07) is 3.69. The molecule has 0 spiro atoms. The Balaban J connectivity index is 0.00000729. The second kappa shape index (κ2) is 16.5. The van der Waals surface area contributed by atoms with Crippen molar-refractivity contribution < 1.29 is 23.7 Å². The van der Waals surface area contributed by atoms with E-state index in [4.69, 9.17) is 23.7 Å². The Bertz CT molecular complexity index is 573. The van der Waals surface area contributed by atoms with Gasteiger partial charge in [0.05, 0.1) is 41.1 Å². The smallest absolute Gasteiger partial charge is 0.191 e. The second-order valence-electron chi connectivity index (χ2n) is 5.60. The van der Waals surface area contributed by atoms with Crippen molar-refractivity contribution in [2.24, 2.45) is 4.99 Å². The predicted molar refractivity (Wildman–Crippen MR) is 122 cm³/mol. The van der Waals surface area contributed by atoms with Gasteiger partial charge in [0, 0.05) is 38.4 Å². The van der Waals surface area contributed by atoms with E-state index in [9.17, 15) is 0 Å². The van der Waals surface area contributed by atoms with Crippen molar-refractivity contribution in [1.29, 1.82) is 0 Å². The van der Waals surface area contributed by atoms with Gasteiger partial charge in [-0.1, -0.05) is 0 Å². The molecule has 1 aromatic rings. The largest absolute Gasteiger partial charge is 0.496 e. The summed E-state index contributed by atoms with van der Waals surface area (Å²) in [5.74, 6) is 2.72. The lowest BCUT2D eigenvalue weighted by Gasteiger charge is -2.14. The molecule has 0 aliphatic heterocycles. The fraction of sp³-hybridized carbons (Fsp3) is 0.632. The minimum atomic E-state index is 0. The summed E-state index contributed by atoms with van der Waals surface area (Å²) in [5, 5.41) is 6.54. The first-order valence-electron chi connectivity index (χ1n) is 9.07. The molecule has 0 radical (unpaired) electrons. The normalized spacial score (nSPS) is 10.8. The maximum absolute atomic E-state index is 5.46. The molecule has 0 fully saturated rings. The van der Waals surface area contributed by atoms with Gasteiger partial charge in [-0.25, -0.2) is 4.99 Å². The highest BCUT2D eigenvalue weighted by atomic mass is 127. The molecular weight excluding hydrogens is 477 g/mol. The van der Waals surface area contributed by atoms with E-state index in [-0.39, 0.29) is 24.0 Å². The number of nitrogens with zero attached hydrogens (tertiary/aromatic N) is 1. The molecule has 162 valence electrons. The quantitative estimate of drug-likeness (QED) is 0.182. The summed E-state index contributed by atoms with van der Waals surface area (Å²) in [6.07, 6.45) is 0.883. The number of nitrogens with one attached hydrogen (secondary N) is 2. The van der Waals surface area contributed by atoms with E-state index in [1.807, 2.05) is 13.0 Å². The lowest BCUT2D eigenvalue weighted by Crippen LogP contribution is -2.38. The molecule has 0 heterocycles. The van der Waals surface area contributed by atoms with Crippen LogP contribution in [0.4, 0.5) is 0 Å². The minimum absolute atomic E-state index is 0. The van der Waals surface area contributed by atoms with Crippen molar-refractivity contribution in [3.63, 3.8) is 0 Å². The average Bonchev–Trinajstić information content (AvgIpc) is 2.70. The SMILES string of the molecule is CCNC(=NCc1cc(OC)c(OC)cc1OC)NCCCOCCOC.I. The molecule has 0 bridgehead atoms. The summed E-state index contributed by atoms with van der Waals surface area (Å²) in [7, 11) is 6.50. The fourth-order valence-corrected chi connectivity index (χ4v) is 2.35. The van der Waals surface area contributed by atoms with Crippen molar-refractivity contribution in [1.82, 2.24) is 10.6 Å². The average molecular weight is 511 g/mol. The molecular formula is C19H34IN3O5. The van der Waals surface area contributed by atoms with Gasteiger partial charge in [0.1, 0.15) is 5.75 Å². The highest BCUT2D eigenvalue weighted by Gasteiger charge is 2.11. The summed E-state index contributed by atoms with van der Waals surface area (Å²) in [5.41, 5.74) is 0.912. The standard InChI is InChI=1S/C19H33N3O5.HI/c1-6-20-19(21-8-7-9-27-11-10-23-2)22-14-15-12-17(25-4)18(26-5)13-16(15)24-3;/h12-13H,6-11,14H2,1-5H3,(H2,20,21,22);1H. The molecule has 1 rings (SSSR count). The Hall–Kier alpha value is -1.46. The third kappa shape index (κ3) is 9.65. The van der Waals surface area contributed by atoms with Crippen molar-refractivity contribution >= 4 is 29.9 Å². The number of ether oxygens (including phenoxy) is 5. The molecule has 9 heteroatoms. The van der Waals surface area contributed by atoms with Gasteiger partial charge < -0.3 is 34.3 Å². The van der Waals surface area contributed by atoms with Crippen molar-refractivity contribution in [2.75, 3.05) is 61.3 Å². The minimum Gasteiger partial charge on any atom is -0.496 e. The van der Waals surface area contributed by atoms with Crippen LogP contribution in [0.25, 0.3) is 0 Å². The van der Waals surface area contributed by atoms with E-state index in [2.05, 4.69) is 15.6 Å². The molecule has 2 N–H and O–H groups in total. The van der Waals surface area contributed by atoms with Crippen LogP contribution in [0.15, 0.2) is 17.1 Å². The van der Waals surface area contributed by atoms with Crippen LogP contribution in [-0.4, -0.2) is 67.3 Å². The topological polar surface area (TPSA) is 82.6 Å². The molecule has 0 aromatic heterocycles. The lowest BCUT2D eigenvalue weighted by atomic mass is 10.1. The maximum atomic E-state index is 5.46. The van der Waals surface area contributed by atoms with Gasteiger partial charge in [0.25, 0.3) is 0 Å². The fourth-order valence-electron chi connectivity index (χ4n) is 2.35. The number of methoxy groups -OCH3 is 4. The summed E-state index contributed by atoms with van der Waals surface area (Å²) in [6.45, 7) is 5.93. The predicted octanol–water partition coefficient (Wildman–Crippen LogP) is 2.44. The molecule has 0 atom stereocenters. The molecule has 0 saturated carbocycles. The molecule has 0 aliphatic carbocycles. The summed E-state index contributed by atoms with van der Waals surface area (Å²) < 4.78 is 26.5. The third-order valence-corrected chi connectivity index (χ3v) is 3.73. The van der Waals surface area contributed by atoms with Gasteiger partial charge in [-0.3, -0.25) is 0 Å². The van der Waals surface area contributed by atoms with E-state index in [0.29, 0.717) is 43.6 Å². The summed E-state index contributed by atoms with van der Waals surface area (Å²) >= 11 is 0. The van der Waals surface area contributed by atoms with Crippen LogP contribution in [0.2, 0.25) is 0 Å². The van der Waals surface area contributed by atoms with Crippen LogP contribution in [-0.2, 0) is 16.0 Å². The number of benzene rings is 1. The van der Waals surface area contributed by atoms with E-state index < -0.39 is 0 Å². The number of aliphatic imine (C=N–C) groups is 1. The van der Waals surface area contributed by atoms with Crippen molar-refractivity contribution in [2.45, 2.75) is 19.9 Å². The zero-order chi connectivity index (χ0) is 19.9.